The van der Waals surface area contributed by atoms with Crippen LogP contribution in [0.5, 0.6) is 0 Å². The molecule has 5 aromatic heterocycles. The van der Waals surface area contributed by atoms with E-state index in [1.807, 2.05) is 128 Å². The molecule has 6 saturated heterocycles. The number of fused-ring (bicyclic) bond motifs is 6. The van der Waals surface area contributed by atoms with E-state index in [-0.39, 0.29) is 57.5 Å². The van der Waals surface area contributed by atoms with Gasteiger partial charge in [-0.25, -0.2) is 33.1 Å². The van der Waals surface area contributed by atoms with Crippen LogP contribution in [-0.2, 0) is 16.1 Å². The van der Waals surface area contributed by atoms with Gasteiger partial charge in [0.1, 0.15) is 34.0 Å². The van der Waals surface area contributed by atoms with Gasteiger partial charge in [-0.1, -0.05) is 147 Å². The Hall–Kier alpha value is -12.1. The summed E-state index contributed by atoms with van der Waals surface area (Å²) in [5, 5.41) is 17.6. The minimum Gasteiger partial charge on any atom is -0.382 e. The number of nitrogens with one attached hydrogen (secondary N) is 2. The van der Waals surface area contributed by atoms with Crippen molar-refractivity contribution in [3.05, 3.63) is 212 Å². The molecule has 13 aromatic rings. The van der Waals surface area contributed by atoms with Crippen molar-refractivity contribution in [2.45, 2.75) is 137 Å². The van der Waals surface area contributed by atoms with Crippen molar-refractivity contribution in [2.24, 2.45) is 21.8 Å². The fourth-order valence-corrected chi connectivity index (χ4v) is 20.5. The van der Waals surface area contributed by atoms with E-state index in [0.717, 1.165) is 140 Å². The lowest BCUT2D eigenvalue weighted by molar-refractivity contribution is -0.128. The van der Waals surface area contributed by atoms with E-state index in [1.54, 1.807) is 11.0 Å². The Morgan fingerprint density at radius 3 is 1.20 bits per heavy atom. The number of amides is 1. The molecule has 33 heteroatoms. The molecule has 1 amide bonds. The number of H-pyrrole nitrogens is 2. The highest BCUT2D eigenvalue weighted by Crippen LogP contribution is 2.50. The molecule has 8 aromatic carbocycles. The Labute approximate surface area is 810 Å². The molecular formula is C103H115Cl4F3N24O2. The second kappa shape index (κ2) is 39.2. The molecule has 0 bridgehead atoms. The number of carbonyl (C=O) groups is 2. The zero-order chi connectivity index (χ0) is 96.6. The number of aromatic amines is 2. The number of hydrogen-bond acceptors (Lipinski definition) is 23. The lowest BCUT2D eigenvalue weighted by Crippen LogP contribution is -2.59. The minimum atomic E-state index is -0.538. The van der Waals surface area contributed by atoms with Crippen molar-refractivity contribution in [1.82, 2.24) is 69.9 Å². The summed E-state index contributed by atoms with van der Waals surface area (Å²) < 4.78 is 51.3. The fraction of sp³-hybridized carbons (Fsp3) is 0.379. The summed E-state index contributed by atoms with van der Waals surface area (Å²) in [5.41, 5.74) is 24.5. The highest BCUT2D eigenvalue weighted by molar-refractivity contribution is 6.66. The number of piperidine rings is 2. The standard InChI is InChI=1S/C42H43ClFN7.C30H35ClFN9O.C28H34ClFN8.C3H3ClO/c1-25-16-18-27(3)51(22-25)41-32-20-33(43)36(37(44)39(32)47-42(48-41)50-23-31(24-50)49(4)5)34-26(2)17-19-30-21-45-40(35(30)34)46-38(28-12-8-6-9-13-28)29-14-10-7-11-15-29;1-7-22(42)40-11-17(4)41(12-16(40)3)29-19-10-20(31)24(23-15(2)8-9-21-25(23)28(33)37-36-21)26(32)27(19)34-30(35-29)39-13-18(14-39)38(5)6;1-14-6-8-16(3)38(11-14)27-18-10-19(29)22(21-15(2)7-9-20-23(21)26(31)35-34-20)24(30)25(18)32-28(33-27)37-12-17(13-37)36(4)5;1-2-3(4)5/h6-15,17,19-20,25,27,31H,16,18,21-24H2,1-5H3;7-10,16-18H,1,11-14H2,2-6H3,(H3,33,36,37);7,9-10,14,16-17H,6,8,11-13H2,1-5H3,(H3,31,34,35);2H,1H2/t25-,27-;16-,17+;14-,16-;/m010./s1. The smallest absolute Gasteiger partial charge is 0.246 e. The molecule has 708 valence electrons. The van der Waals surface area contributed by atoms with Crippen molar-refractivity contribution in [3.63, 3.8) is 0 Å². The van der Waals surface area contributed by atoms with Gasteiger partial charge in [0.15, 0.2) is 34.9 Å². The van der Waals surface area contributed by atoms with Crippen LogP contribution < -0.4 is 40.9 Å². The zero-order valence-corrected chi connectivity index (χ0v) is 82.4. The molecule has 0 spiro atoms. The maximum Gasteiger partial charge on any atom is 0.246 e. The largest absolute Gasteiger partial charge is 0.382 e. The van der Waals surface area contributed by atoms with E-state index in [0.29, 0.717) is 161 Å². The maximum absolute atomic E-state index is 17.6. The van der Waals surface area contributed by atoms with Crippen molar-refractivity contribution >= 4 is 171 Å². The first-order valence-electron chi connectivity index (χ1n) is 46.3. The maximum atomic E-state index is 17.6. The number of hydrogen-bond donors (Lipinski definition) is 4. The van der Waals surface area contributed by atoms with Gasteiger partial charge in [0.05, 0.1) is 49.1 Å². The number of carbonyl (C=O) groups excluding carboxylic acids is 2. The number of benzene rings is 8. The van der Waals surface area contributed by atoms with Gasteiger partial charge in [0.25, 0.3) is 0 Å². The van der Waals surface area contributed by atoms with Crippen molar-refractivity contribution in [1.29, 1.82) is 0 Å². The van der Waals surface area contributed by atoms with Crippen LogP contribution >= 0.6 is 46.4 Å². The number of nitrogens with zero attached hydrogens (tertiary/aromatic N) is 20. The van der Waals surface area contributed by atoms with E-state index in [2.05, 4.69) is 164 Å². The molecule has 20 rings (SSSR count). The third-order valence-electron chi connectivity index (χ3n) is 28.0. The molecule has 0 unspecified atom stereocenters. The monoisotopic (exact) mass is 1920 g/mol. The van der Waals surface area contributed by atoms with Crippen LogP contribution in [0.25, 0.3) is 87.9 Å². The Morgan fingerprint density at radius 1 is 0.456 bits per heavy atom. The molecule has 7 aliphatic rings. The number of rotatable bonds is 16. The number of likely N-dealkylation sites (N-methyl/N-ethyl adjacent to an activating group) is 3. The highest BCUT2D eigenvalue weighted by Gasteiger charge is 2.41. The van der Waals surface area contributed by atoms with Gasteiger partial charge in [-0.15, -0.1) is 0 Å². The average molecular weight is 1920 g/mol. The second-order valence-electron chi connectivity index (χ2n) is 38.1. The molecular weight excluding hydrogens is 1800 g/mol. The third-order valence-corrected chi connectivity index (χ3v) is 29.0. The predicted molar refractivity (Wildman–Crippen MR) is 550 cm³/mol. The lowest BCUT2D eigenvalue weighted by atomic mass is 9.90. The molecule has 136 heavy (non-hydrogen) atoms. The van der Waals surface area contributed by atoms with E-state index in [4.69, 9.17) is 97.8 Å². The van der Waals surface area contributed by atoms with Crippen molar-refractivity contribution < 1.29 is 22.8 Å². The summed E-state index contributed by atoms with van der Waals surface area (Å²) in [5.74, 6) is 4.30. The van der Waals surface area contributed by atoms with Crippen LogP contribution in [0.3, 0.4) is 0 Å². The van der Waals surface area contributed by atoms with Crippen LogP contribution in [0.1, 0.15) is 106 Å². The second-order valence-corrected chi connectivity index (χ2v) is 39.7. The Morgan fingerprint density at radius 2 is 0.824 bits per heavy atom. The van der Waals surface area contributed by atoms with Crippen LogP contribution in [-0.4, -0.2) is 243 Å². The summed E-state index contributed by atoms with van der Waals surface area (Å²) in [7, 11) is 12.4. The number of aromatic nitrogens is 10. The van der Waals surface area contributed by atoms with E-state index in [9.17, 15) is 9.59 Å². The number of piperazine rings is 1. The molecule has 0 aliphatic carbocycles. The van der Waals surface area contributed by atoms with Crippen LogP contribution in [0, 0.1) is 50.1 Å². The number of amidine groups is 1. The summed E-state index contributed by atoms with van der Waals surface area (Å²) in [6.07, 6.45) is 6.82. The molecule has 7 aliphatic heterocycles. The number of nitrogen functional groups attached to an aromatic ring is 2. The average Bonchev–Trinajstić information content (AvgIpc) is 1.21. The first kappa shape index (κ1) is 95.6. The third kappa shape index (κ3) is 18.3. The van der Waals surface area contributed by atoms with Gasteiger partial charge in [0, 0.05) is 174 Å². The molecule has 0 radical (unpaired) electrons. The van der Waals surface area contributed by atoms with Crippen LogP contribution in [0.15, 0.2) is 151 Å². The number of nitrogens with two attached hydrogens (primary N) is 2. The van der Waals surface area contributed by atoms with E-state index in [1.165, 1.54) is 12.5 Å². The molecule has 0 saturated carbocycles. The SMILES string of the molecule is C=CC(=O)Cl.C=CC(=O)N1C[C@H](C)N(c2nc(N3CC(N(C)C)C3)nc3c(F)c(-c4c(C)ccc5[nH]nc(N)c45)c(Cl)cc23)C[C@H]1C.Cc1ccc2[nH]nc(N)c2c1-c1c(Cl)cc2c(N3C[C@@H](C)CC[C@@H]3C)nc(N3CC(N(C)C)C3)nc2c1F.Cc1ccc2c(c1-c1c(Cl)cc3c(N4C[C@@H](C)CC[C@@H]4C)nc(N4CC(N(C)C)C4)nc3c1F)C(N=C(c1ccccc1)c1ccccc1)=NC2. The van der Waals surface area contributed by atoms with Gasteiger partial charge >= 0.3 is 0 Å². The predicted octanol–water partition coefficient (Wildman–Crippen LogP) is 19.0. The van der Waals surface area contributed by atoms with Gasteiger partial charge < -0.3 is 60.5 Å². The highest BCUT2D eigenvalue weighted by atomic mass is 35.5. The van der Waals surface area contributed by atoms with Gasteiger partial charge in [-0.2, -0.15) is 25.1 Å². The molecule has 6 fully saturated rings. The Balaban J connectivity index is 0.000000139. The van der Waals surface area contributed by atoms with Crippen LogP contribution in [0.4, 0.5) is 60.1 Å². The van der Waals surface area contributed by atoms with E-state index >= 15 is 13.2 Å². The van der Waals surface area contributed by atoms with Crippen molar-refractivity contribution in [2.75, 3.05) is 149 Å². The summed E-state index contributed by atoms with van der Waals surface area (Å²) in [4.78, 5) is 83.4. The number of aliphatic imine (C=N–C) groups is 2. The summed E-state index contributed by atoms with van der Waals surface area (Å²) >= 11 is 25.8. The Bertz CT molecular complexity index is 6860. The van der Waals surface area contributed by atoms with Gasteiger partial charge in [-0.05, 0) is 205 Å². The van der Waals surface area contributed by atoms with Crippen molar-refractivity contribution in [3.8, 4) is 33.4 Å². The van der Waals surface area contributed by atoms with Crippen LogP contribution in [0.2, 0.25) is 15.1 Å². The normalized spacial score (nSPS) is 19.2. The molecule has 26 nitrogen and oxygen atoms in total. The summed E-state index contributed by atoms with van der Waals surface area (Å²) in [6, 6.07) is 38.9. The number of anilines is 8. The topological polar surface area (TPSA) is 278 Å². The minimum absolute atomic E-state index is 0.0924. The summed E-state index contributed by atoms with van der Waals surface area (Å²) in [6.45, 7) is 33.4. The number of allylic oxidation sites excluding steroid dienone is 1. The number of aryl methyl sites for hydroxylation is 3. The Kier molecular flexibility index (Phi) is 27.6. The first-order valence-corrected chi connectivity index (χ1v) is 47.8. The van der Waals surface area contributed by atoms with Gasteiger partial charge in [-0.3, -0.25) is 24.8 Å². The molecule has 12 heterocycles. The van der Waals surface area contributed by atoms with Gasteiger partial charge in [0.2, 0.25) is 29.0 Å². The molecule has 6 atom stereocenters. The first-order chi connectivity index (χ1) is 65.1. The lowest BCUT2D eigenvalue weighted by Gasteiger charge is -2.45. The fourth-order valence-electron chi connectivity index (χ4n) is 19.6. The molecule has 6 N–H and O–H groups in total. The number of halogens is 7. The zero-order valence-electron chi connectivity index (χ0n) is 79.4. The quantitative estimate of drug-likeness (QED) is 0.0397. The van der Waals surface area contributed by atoms with E-state index < -0.39 is 22.7 Å².